The molecule has 2 aromatic heterocycles. The number of furan rings is 1. The first-order valence-electron chi connectivity index (χ1n) is 7.60. The van der Waals surface area contributed by atoms with Gasteiger partial charge in [-0.05, 0) is 18.6 Å². The lowest BCUT2D eigenvalue weighted by molar-refractivity contribution is 0.0803. The molecule has 1 aliphatic rings. The minimum absolute atomic E-state index is 0.0834. The third-order valence-electron chi connectivity index (χ3n) is 4.11. The minimum atomic E-state index is -0.217. The van der Waals surface area contributed by atoms with Gasteiger partial charge in [-0.3, -0.25) is 9.48 Å². The number of ether oxygens (including phenoxy) is 1. The first-order chi connectivity index (χ1) is 11.2. The summed E-state index contributed by atoms with van der Waals surface area (Å²) >= 11 is 0. The zero-order chi connectivity index (χ0) is 15.8. The molecule has 4 rings (SSSR count). The molecule has 23 heavy (non-hydrogen) atoms. The van der Waals surface area contributed by atoms with E-state index in [0.717, 1.165) is 17.4 Å². The third kappa shape index (κ3) is 2.61. The number of rotatable bonds is 3. The van der Waals surface area contributed by atoms with E-state index in [1.165, 1.54) is 0 Å². The quantitative estimate of drug-likeness (QED) is 0.806. The number of hydrogen-bond donors (Lipinski definition) is 1. The molecule has 3 heterocycles. The Hall–Kier alpha value is -2.60. The molecule has 118 valence electrons. The number of carbonyl (C=O) groups is 1. The maximum Gasteiger partial charge on any atom is 0.287 e. The van der Waals surface area contributed by atoms with Crippen molar-refractivity contribution >= 4 is 16.9 Å². The van der Waals surface area contributed by atoms with E-state index in [2.05, 4.69) is 10.4 Å². The van der Waals surface area contributed by atoms with Crippen LogP contribution in [0.3, 0.4) is 0 Å². The van der Waals surface area contributed by atoms with E-state index in [4.69, 9.17) is 9.15 Å². The average Bonchev–Trinajstić information content (AvgIpc) is 3.25. The lowest BCUT2D eigenvalue weighted by atomic mass is 10.1. The van der Waals surface area contributed by atoms with Crippen LogP contribution in [0.25, 0.3) is 11.0 Å². The number of aromatic nitrogens is 2. The van der Waals surface area contributed by atoms with Gasteiger partial charge in [0.2, 0.25) is 0 Å². The highest BCUT2D eigenvalue weighted by atomic mass is 16.5. The van der Waals surface area contributed by atoms with Crippen molar-refractivity contribution < 1.29 is 13.9 Å². The lowest BCUT2D eigenvalue weighted by Gasteiger charge is -2.18. The Bertz CT molecular complexity index is 819. The van der Waals surface area contributed by atoms with E-state index in [9.17, 15) is 4.79 Å². The van der Waals surface area contributed by atoms with Gasteiger partial charge in [-0.15, -0.1) is 0 Å². The van der Waals surface area contributed by atoms with Gasteiger partial charge in [-0.25, -0.2) is 0 Å². The molecule has 3 aromatic rings. The van der Waals surface area contributed by atoms with Crippen molar-refractivity contribution in [3.05, 3.63) is 54.0 Å². The van der Waals surface area contributed by atoms with Crippen molar-refractivity contribution in [2.75, 3.05) is 6.61 Å². The topological polar surface area (TPSA) is 69.3 Å². The number of aryl methyl sites for hydroxylation is 1. The summed E-state index contributed by atoms with van der Waals surface area (Å²) in [6.07, 6.45) is 4.29. The summed E-state index contributed by atoms with van der Waals surface area (Å²) in [5.41, 5.74) is 1.68. The van der Waals surface area contributed by atoms with E-state index >= 15 is 0 Å². The van der Waals surface area contributed by atoms with Crippen LogP contribution in [0.1, 0.15) is 28.6 Å². The second kappa shape index (κ2) is 5.55. The Kier molecular flexibility index (Phi) is 3.38. The van der Waals surface area contributed by atoms with Crippen molar-refractivity contribution in [2.45, 2.75) is 18.6 Å². The molecule has 0 spiro atoms. The predicted octanol–water partition coefficient (Wildman–Crippen LogP) is 2.43. The predicted molar refractivity (Wildman–Crippen MR) is 84.0 cm³/mol. The van der Waals surface area contributed by atoms with Gasteiger partial charge in [-0.1, -0.05) is 18.2 Å². The molecule has 0 saturated carbocycles. The van der Waals surface area contributed by atoms with Crippen LogP contribution in [-0.2, 0) is 11.8 Å². The van der Waals surface area contributed by atoms with Gasteiger partial charge in [0.05, 0.1) is 12.2 Å². The highest BCUT2D eigenvalue weighted by Crippen LogP contribution is 2.29. The number of nitrogens with zero attached hydrogens (tertiary/aromatic N) is 2. The van der Waals surface area contributed by atoms with Gasteiger partial charge < -0.3 is 14.5 Å². The van der Waals surface area contributed by atoms with Crippen LogP contribution in [0.5, 0.6) is 0 Å². The molecule has 1 amide bonds. The van der Waals surface area contributed by atoms with E-state index in [1.54, 1.807) is 16.9 Å². The Balaban J connectivity index is 1.53. The Morgan fingerprint density at radius 1 is 1.39 bits per heavy atom. The van der Waals surface area contributed by atoms with Crippen molar-refractivity contribution in [1.82, 2.24) is 15.1 Å². The van der Waals surface area contributed by atoms with Crippen LogP contribution >= 0.6 is 0 Å². The zero-order valence-corrected chi connectivity index (χ0v) is 12.7. The van der Waals surface area contributed by atoms with Gasteiger partial charge in [-0.2, -0.15) is 5.10 Å². The van der Waals surface area contributed by atoms with Crippen LogP contribution < -0.4 is 5.32 Å². The number of fused-ring (bicyclic) bond motifs is 1. The summed E-state index contributed by atoms with van der Waals surface area (Å²) in [6, 6.07) is 9.26. The highest BCUT2D eigenvalue weighted by Gasteiger charge is 2.32. The Morgan fingerprint density at radius 3 is 3.04 bits per heavy atom. The monoisotopic (exact) mass is 311 g/mol. The molecule has 1 aromatic carbocycles. The largest absolute Gasteiger partial charge is 0.451 e. The molecule has 1 aliphatic heterocycles. The van der Waals surface area contributed by atoms with Gasteiger partial charge in [0.25, 0.3) is 5.91 Å². The molecule has 0 unspecified atom stereocenters. The van der Waals surface area contributed by atoms with Crippen LogP contribution in [0.2, 0.25) is 0 Å². The third-order valence-corrected chi connectivity index (χ3v) is 4.11. The standard InChI is InChI=1S/C17H17N3O3/c1-20-10-12(9-18-20)16-13(6-7-22-16)19-17(21)15-8-11-4-2-3-5-14(11)23-15/h2-5,8-10,13,16H,6-7H2,1H3,(H,19,21)/t13-,16+/m0/s1. The molecule has 1 fully saturated rings. The van der Waals surface area contributed by atoms with Crippen molar-refractivity contribution in [2.24, 2.45) is 7.05 Å². The molecule has 0 aliphatic carbocycles. The molecular weight excluding hydrogens is 294 g/mol. The SMILES string of the molecule is Cn1cc([C@H]2OCC[C@@H]2NC(=O)c2cc3ccccc3o2)cn1. The minimum Gasteiger partial charge on any atom is -0.451 e. The number of nitrogens with one attached hydrogen (secondary N) is 1. The summed E-state index contributed by atoms with van der Waals surface area (Å²) in [4.78, 5) is 12.5. The molecule has 6 nitrogen and oxygen atoms in total. The Labute approximate surface area is 133 Å². The first-order valence-corrected chi connectivity index (χ1v) is 7.60. The van der Waals surface area contributed by atoms with Crippen molar-refractivity contribution in [1.29, 1.82) is 0 Å². The van der Waals surface area contributed by atoms with Crippen LogP contribution in [0.4, 0.5) is 0 Å². The van der Waals surface area contributed by atoms with Gasteiger partial charge >= 0.3 is 0 Å². The molecule has 1 saturated heterocycles. The molecule has 0 bridgehead atoms. The van der Waals surface area contributed by atoms with Crippen molar-refractivity contribution in [3.63, 3.8) is 0 Å². The van der Waals surface area contributed by atoms with E-state index in [1.807, 2.05) is 37.5 Å². The fourth-order valence-electron chi connectivity index (χ4n) is 2.99. The number of para-hydroxylation sites is 1. The Morgan fingerprint density at radius 2 is 2.26 bits per heavy atom. The zero-order valence-electron chi connectivity index (χ0n) is 12.7. The fourth-order valence-corrected chi connectivity index (χ4v) is 2.99. The highest BCUT2D eigenvalue weighted by molar-refractivity contribution is 5.96. The van der Waals surface area contributed by atoms with E-state index in [-0.39, 0.29) is 18.1 Å². The number of amides is 1. The van der Waals surface area contributed by atoms with Gasteiger partial charge in [0.1, 0.15) is 11.7 Å². The van der Waals surface area contributed by atoms with Crippen LogP contribution in [0.15, 0.2) is 47.1 Å². The van der Waals surface area contributed by atoms with E-state index in [0.29, 0.717) is 18.0 Å². The van der Waals surface area contributed by atoms with E-state index < -0.39 is 0 Å². The number of carbonyl (C=O) groups excluding carboxylic acids is 1. The second-order valence-corrected chi connectivity index (χ2v) is 5.76. The lowest BCUT2D eigenvalue weighted by Crippen LogP contribution is -2.36. The molecule has 1 N–H and O–H groups in total. The van der Waals surface area contributed by atoms with Gasteiger partial charge in [0.15, 0.2) is 5.76 Å². The molecular formula is C17H17N3O3. The summed E-state index contributed by atoms with van der Waals surface area (Å²) < 4.78 is 13.1. The molecule has 2 atom stereocenters. The van der Waals surface area contributed by atoms with Crippen LogP contribution in [-0.4, -0.2) is 28.3 Å². The van der Waals surface area contributed by atoms with Gasteiger partial charge in [0, 0.05) is 30.8 Å². The van der Waals surface area contributed by atoms with Crippen molar-refractivity contribution in [3.8, 4) is 0 Å². The molecule has 6 heteroatoms. The maximum atomic E-state index is 12.5. The summed E-state index contributed by atoms with van der Waals surface area (Å²) in [7, 11) is 1.86. The number of benzene rings is 1. The smallest absolute Gasteiger partial charge is 0.287 e. The van der Waals surface area contributed by atoms with Crippen LogP contribution in [0, 0.1) is 0 Å². The normalized spacial score (nSPS) is 20.9. The first kappa shape index (κ1) is 14.0. The fraction of sp³-hybridized carbons (Fsp3) is 0.294. The average molecular weight is 311 g/mol. The second-order valence-electron chi connectivity index (χ2n) is 5.76. The summed E-state index contributed by atoms with van der Waals surface area (Å²) in [5, 5.41) is 8.11. The number of hydrogen-bond acceptors (Lipinski definition) is 4. The molecule has 0 radical (unpaired) electrons. The maximum absolute atomic E-state index is 12.5. The summed E-state index contributed by atoms with van der Waals surface area (Å²) in [6.45, 7) is 0.616. The summed E-state index contributed by atoms with van der Waals surface area (Å²) in [5.74, 6) is 0.105.